The first-order chi connectivity index (χ1) is 14.9. The molecule has 31 heavy (non-hydrogen) atoms. The lowest BCUT2D eigenvalue weighted by Gasteiger charge is -2.28. The van der Waals surface area contributed by atoms with E-state index in [9.17, 15) is 9.59 Å². The Morgan fingerprint density at radius 3 is 2.39 bits per heavy atom. The molecule has 0 aliphatic carbocycles. The van der Waals surface area contributed by atoms with E-state index in [0.29, 0.717) is 37.7 Å². The molecule has 2 aromatic rings. The number of nitrogens with one attached hydrogen (secondary N) is 1. The number of carbonyl (C=O) groups is 2. The van der Waals surface area contributed by atoms with Crippen molar-refractivity contribution in [2.75, 3.05) is 20.3 Å². The summed E-state index contributed by atoms with van der Waals surface area (Å²) in [6.07, 6.45) is 0.829. The van der Waals surface area contributed by atoms with E-state index < -0.39 is 6.04 Å². The summed E-state index contributed by atoms with van der Waals surface area (Å²) in [5.74, 6) is 1.11. The summed E-state index contributed by atoms with van der Waals surface area (Å²) in [5.41, 5.74) is 1.94. The molecule has 0 heterocycles. The first-order valence-electron chi connectivity index (χ1n) is 10.5. The Morgan fingerprint density at radius 1 is 1.03 bits per heavy atom. The van der Waals surface area contributed by atoms with Crippen LogP contribution in [0.15, 0.2) is 46.9 Å². The summed E-state index contributed by atoms with van der Waals surface area (Å²) in [4.78, 5) is 27.0. The third-order valence-electron chi connectivity index (χ3n) is 4.89. The van der Waals surface area contributed by atoms with Gasteiger partial charge in [0.05, 0.1) is 13.2 Å². The summed E-state index contributed by atoms with van der Waals surface area (Å²) in [7, 11) is 1.58. The number of ether oxygens (including phenoxy) is 2. The van der Waals surface area contributed by atoms with Gasteiger partial charge >= 0.3 is 0 Å². The molecule has 1 atom stereocenters. The van der Waals surface area contributed by atoms with Crippen LogP contribution >= 0.6 is 15.9 Å². The summed E-state index contributed by atoms with van der Waals surface area (Å²) in [6, 6.07) is 12.9. The smallest absolute Gasteiger partial charge is 0.242 e. The Kier molecular flexibility index (Phi) is 9.85. The van der Waals surface area contributed by atoms with Crippen LogP contribution in [0.3, 0.4) is 0 Å². The lowest BCUT2D eigenvalue weighted by molar-refractivity contribution is -0.140. The van der Waals surface area contributed by atoms with Gasteiger partial charge in [0.15, 0.2) is 11.5 Å². The lowest BCUT2D eigenvalue weighted by Crippen LogP contribution is -2.46. The van der Waals surface area contributed by atoms with Gasteiger partial charge in [-0.2, -0.15) is 0 Å². The van der Waals surface area contributed by atoms with Crippen LogP contribution in [0.4, 0.5) is 0 Å². The van der Waals surface area contributed by atoms with Crippen molar-refractivity contribution in [3.05, 3.63) is 58.1 Å². The molecule has 0 aromatic heterocycles. The minimum absolute atomic E-state index is 0.0806. The maximum atomic E-state index is 13.1. The van der Waals surface area contributed by atoms with Crippen molar-refractivity contribution in [3.8, 4) is 11.5 Å². The molecule has 1 N–H and O–H groups in total. The van der Waals surface area contributed by atoms with E-state index in [1.54, 1.807) is 18.9 Å². The number of amides is 2. The van der Waals surface area contributed by atoms with E-state index in [2.05, 4.69) is 21.2 Å². The summed E-state index contributed by atoms with van der Waals surface area (Å²) in [5, 5.41) is 2.64. The Bertz CT molecular complexity index is 888. The first kappa shape index (κ1) is 24.7. The molecule has 0 saturated carbocycles. The molecule has 2 aromatic carbocycles. The van der Waals surface area contributed by atoms with Gasteiger partial charge in [-0.05, 0) is 62.6 Å². The van der Waals surface area contributed by atoms with Gasteiger partial charge in [0.2, 0.25) is 11.8 Å². The summed E-state index contributed by atoms with van der Waals surface area (Å²) >= 11 is 3.46. The van der Waals surface area contributed by atoms with E-state index >= 15 is 0 Å². The summed E-state index contributed by atoms with van der Waals surface area (Å²) < 4.78 is 12.2. The zero-order valence-corrected chi connectivity index (χ0v) is 20.2. The van der Waals surface area contributed by atoms with Gasteiger partial charge in [-0.1, -0.05) is 34.1 Å². The Labute approximate surface area is 193 Å². The Hall–Kier alpha value is -2.54. The zero-order chi connectivity index (χ0) is 22.8. The van der Waals surface area contributed by atoms with Gasteiger partial charge in [-0.3, -0.25) is 9.59 Å². The van der Waals surface area contributed by atoms with Gasteiger partial charge in [0, 0.05) is 24.5 Å². The number of nitrogens with zero attached hydrogens (tertiary/aromatic N) is 1. The molecule has 0 unspecified atom stereocenters. The average Bonchev–Trinajstić information content (AvgIpc) is 2.76. The van der Waals surface area contributed by atoms with Crippen LogP contribution in [0.25, 0.3) is 0 Å². The molecule has 6 nitrogen and oxygen atoms in total. The predicted octanol–water partition coefficient (Wildman–Crippen LogP) is 4.34. The number of hydrogen-bond acceptors (Lipinski definition) is 4. The van der Waals surface area contributed by atoms with E-state index in [-0.39, 0.29) is 18.2 Å². The number of carbonyl (C=O) groups excluding carboxylic acids is 2. The monoisotopic (exact) mass is 490 g/mol. The van der Waals surface area contributed by atoms with Crippen LogP contribution in [0.5, 0.6) is 11.5 Å². The van der Waals surface area contributed by atoms with Gasteiger partial charge in [-0.15, -0.1) is 0 Å². The number of halogens is 1. The van der Waals surface area contributed by atoms with Gasteiger partial charge in [0.1, 0.15) is 6.04 Å². The fraction of sp³-hybridized carbons (Fsp3) is 0.417. The SMILES string of the molecule is CCOc1ccc(CCC(=O)N(Cc2cccc(Br)c2)[C@@H](C)C(=O)NC)cc1OCC. The van der Waals surface area contributed by atoms with Crippen molar-refractivity contribution in [1.82, 2.24) is 10.2 Å². The standard InChI is InChI=1S/C24H31BrN2O4/c1-5-30-21-12-10-18(15-22(21)31-6-2)11-13-23(28)27(17(3)24(29)26-4)16-19-8-7-9-20(25)14-19/h7-10,12,14-15,17H,5-6,11,13,16H2,1-4H3,(H,26,29)/t17-/m0/s1. The van der Waals surface area contributed by atoms with Crippen LogP contribution in [-0.4, -0.2) is 43.0 Å². The summed E-state index contributed by atoms with van der Waals surface area (Å²) in [6.45, 7) is 7.05. The second kappa shape index (κ2) is 12.3. The van der Waals surface area contributed by atoms with Crippen molar-refractivity contribution in [1.29, 1.82) is 0 Å². The quantitative estimate of drug-likeness (QED) is 0.508. The number of benzene rings is 2. The maximum absolute atomic E-state index is 13.1. The highest BCUT2D eigenvalue weighted by Gasteiger charge is 2.25. The molecule has 2 amide bonds. The topological polar surface area (TPSA) is 67.9 Å². The molecular weight excluding hydrogens is 460 g/mol. The van der Waals surface area contributed by atoms with Gasteiger partial charge in [-0.25, -0.2) is 0 Å². The minimum atomic E-state index is -0.573. The fourth-order valence-electron chi connectivity index (χ4n) is 3.27. The second-order valence-corrected chi connectivity index (χ2v) is 8.00. The third-order valence-corrected chi connectivity index (χ3v) is 5.38. The second-order valence-electron chi connectivity index (χ2n) is 7.09. The normalized spacial score (nSPS) is 11.5. The third kappa shape index (κ3) is 7.28. The van der Waals surface area contributed by atoms with Gasteiger partial charge in [0.25, 0.3) is 0 Å². The van der Waals surface area contributed by atoms with E-state index in [1.807, 2.05) is 56.3 Å². The zero-order valence-electron chi connectivity index (χ0n) is 18.6. The van der Waals surface area contributed by atoms with Crippen molar-refractivity contribution in [2.45, 2.75) is 46.2 Å². The van der Waals surface area contributed by atoms with Gasteiger partial charge < -0.3 is 19.7 Å². The first-order valence-corrected chi connectivity index (χ1v) is 11.3. The van der Waals surface area contributed by atoms with Crippen LogP contribution in [0.1, 0.15) is 38.3 Å². The van der Waals surface area contributed by atoms with Crippen LogP contribution in [0.2, 0.25) is 0 Å². The van der Waals surface area contributed by atoms with E-state index in [0.717, 1.165) is 15.6 Å². The molecule has 0 radical (unpaired) electrons. The van der Waals surface area contributed by atoms with Crippen molar-refractivity contribution in [3.63, 3.8) is 0 Å². The van der Waals surface area contributed by atoms with Crippen molar-refractivity contribution in [2.24, 2.45) is 0 Å². The molecule has 7 heteroatoms. The molecular formula is C24H31BrN2O4. The molecule has 0 aliphatic rings. The Morgan fingerprint density at radius 2 is 1.74 bits per heavy atom. The van der Waals surface area contributed by atoms with Crippen LogP contribution in [0, 0.1) is 0 Å². The fourth-order valence-corrected chi connectivity index (χ4v) is 3.72. The maximum Gasteiger partial charge on any atom is 0.242 e. The molecule has 0 spiro atoms. The number of hydrogen-bond donors (Lipinski definition) is 1. The minimum Gasteiger partial charge on any atom is -0.490 e. The highest BCUT2D eigenvalue weighted by atomic mass is 79.9. The molecule has 2 rings (SSSR count). The molecule has 168 valence electrons. The molecule has 0 fully saturated rings. The highest BCUT2D eigenvalue weighted by molar-refractivity contribution is 9.10. The van der Waals surface area contributed by atoms with Crippen LogP contribution in [-0.2, 0) is 22.6 Å². The van der Waals surface area contributed by atoms with Crippen LogP contribution < -0.4 is 14.8 Å². The molecule has 0 aliphatic heterocycles. The van der Waals surface area contributed by atoms with Crippen molar-refractivity contribution >= 4 is 27.7 Å². The lowest BCUT2D eigenvalue weighted by atomic mass is 10.1. The average molecular weight is 491 g/mol. The molecule has 0 saturated heterocycles. The molecule has 0 bridgehead atoms. The van der Waals surface area contributed by atoms with Crippen molar-refractivity contribution < 1.29 is 19.1 Å². The number of rotatable bonds is 11. The number of likely N-dealkylation sites (N-methyl/N-ethyl adjacent to an activating group) is 1. The largest absolute Gasteiger partial charge is 0.490 e. The van der Waals surface area contributed by atoms with E-state index in [4.69, 9.17) is 9.47 Å². The van der Waals surface area contributed by atoms with E-state index in [1.165, 1.54) is 0 Å². The predicted molar refractivity (Wildman–Crippen MR) is 125 cm³/mol. The highest BCUT2D eigenvalue weighted by Crippen LogP contribution is 2.29. The Balaban J connectivity index is 2.15. The number of aryl methyl sites for hydroxylation is 1.